The zero-order valence-electron chi connectivity index (χ0n) is 14.9. The summed E-state index contributed by atoms with van der Waals surface area (Å²) < 4.78 is 11.0. The van der Waals surface area contributed by atoms with Crippen molar-refractivity contribution in [1.29, 1.82) is 0 Å². The quantitative estimate of drug-likeness (QED) is 0.779. The molecule has 1 aliphatic heterocycles. The number of ether oxygens (including phenoxy) is 2. The van der Waals surface area contributed by atoms with Crippen LogP contribution in [0.25, 0.3) is 0 Å². The molecule has 1 aromatic heterocycles. The maximum atomic E-state index is 12.4. The number of urea groups is 1. The third-order valence-corrected chi connectivity index (χ3v) is 5.01. The molecule has 140 valence electrons. The Kier molecular flexibility index (Phi) is 6.88. The van der Waals surface area contributed by atoms with E-state index in [-0.39, 0.29) is 12.1 Å². The van der Waals surface area contributed by atoms with E-state index in [0.717, 1.165) is 26.3 Å². The summed E-state index contributed by atoms with van der Waals surface area (Å²) in [7, 11) is 0. The molecule has 0 radical (unpaired) electrons. The van der Waals surface area contributed by atoms with Crippen molar-refractivity contribution < 1.29 is 14.3 Å². The highest BCUT2D eigenvalue weighted by atomic mass is 32.1. The van der Waals surface area contributed by atoms with E-state index in [1.54, 1.807) is 11.3 Å². The lowest BCUT2D eigenvalue weighted by Crippen LogP contribution is -2.44. The van der Waals surface area contributed by atoms with Crippen LogP contribution in [-0.2, 0) is 4.74 Å². The van der Waals surface area contributed by atoms with Crippen LogP contribution in [0.5, 0.6) is 5.75 Å². The molecule has 0 aliphatic carbocycles. The van der Waals surface area contributed by atoms with Gasteiger partial charge in [0.25, 0.3) is 0 Å². The molecule has 2 heterocycles. The number of nitrogens with one attached hydrogen (secondary N) is 2. The number of amides is 2. The van der Waals surface area contributed by atoms with Gasteiger partial charge in [-0.15, -0.1) is 0 Å². The van der Waals surface area contributed by atoms with Crippen LogP contribution in [0.3, 0.4) is 0 Å². The maximum absolute atomic E-state index is 12.4. The number of carbonyl (C=O) groups is 1. The van der Waals surface area contributed by atoms with Gasteiger partial charge in [0, 0.05) is 19.6 Å². The van der Waals surface area contributed by atoms with Crippen molar-refractivity contribution >= 4 is 23.1 Å². The van der Waals surface area contributed by atoms with Crippen molar-refractivity contribution in [2.24, 2.45) is 0 Å². The first-order chi connectivity index (χ1) is 12.8. The molecule has 0 unspecified atom stereocenters. The number of hydrogen-bond donors (Lipinski definition) is 2. The van der Waals surface area contributed by atoms with E-state index in [2.05, 4.69) is 32.4 Å². The van der Waals surface area contributed by atoms with Gasteiger partial charge in [0.1, 0.15) is 5.75 Å². The number of hydrogen-bond acceptors (Lipinski definition) is 5. The van der Waals surface area contributed by atoms with E-state index in [1.807, 2.05) is 31.2 Å². The standard InChI is InChI=1S/C19H25N3O3S/c1-2-25-18-6-4-3-5-16(18)21-19(23)20-13-17(15-7-12-26-14-15)22-8-10-24-11-9-22/h3-7,12,14,17H,2,8-11,13H2,1H3,(H2,20,21,23)/t17-/m1/s1. The molecule has 1 aromatic carbocycles. The topological polar surface area (TPSA) is 62.8 Å². The molecule has 2 aromatic rings. The molecular formula is C19H25N3O3S. The minimum atomic E-state index is -0.231. The van der Waals surface area contributed by atoms with Gasteiger partial charge in [0.15, 0.2) is 0 Å². The van der Waals surface area contributed by atoms with E-state index in [9.17, 15) is 4.79 Å². The zero-order valence-corrected chi connectivity index (χ0v) is 15.8. The molecule has 0 saturated carbocycles. The van der Waals surface area contributed by atoms with E-state index in [0.29, 0.717) is 24.6 Å². The van der Waals surface area contributed by atoms with Crippen molar-refractivity contribution in [2.45, 2.75) is 13.0 Å². The average Bonchev–Trinajstić information content (AvgIpc) is 3.19. The minimum absolute atomic E-state index is 0.151. The third-order valence-electron chi connectivity index (χ3n) is 4.31. The predicted molar refractivity (Wildman–Crippen MR) is 104 cm³/mol. The van der Waals surface area contributed by atoms with Gasteiger partial charge in [-0.25, -0.2) is 4.79 Å². The summed E-state index contributed by atoms with van der Waals surface area (Å²) in [6, 6.07) is 9.49. The van der Waals surface area contributed by atoms with Gasteiger partial charge in [-0.2, -0.15) is 11.3 Å². The zero-order chi connectivity index (χ0) is 18.2. The summed E-state index contributed by atoms with van der Waals surface area (Å²) in [5.74, 6) is 0.674. The van der Waals surface area contributed by atoms with Gasteiger partial charge in [0.05, 0.1) is 31.5 Å². The summed E-state index contributed by atoms with van der Waals surface area (Å²) in [6.07, 6.45) is 0. The molecule has 7 heteroatoms. The van der Waals surface area contributed by atoms with Crippen molar-refractivity contribution in [2.75, 3.05) is 44.8 Å². The van der Waals surface area contributed by atoms with Gasteiger partial charge in [-0.05, 0) is 41.4 Å². The van der Waals surface area contributed by atoms with Gasteiger partial charge in [0.2, 0.25) is 0 Å². The Balaban J connectivity index is 1.61. The van der Waals surface area contributed by atoms with Crippen LogP contribution in [0.15, 0.2) is 41.1 Å². The number of benzene rings is 1. The largest absolute Gasteiger partial charge is 0.492 e. The van der Waals surface area contributed by atoms with E-state index in [1.165, 1.54) is 5.56 Å². The van der Waals surface area contributed by atoms with Crippen LogP contribution < -0.4 is 15.4 Å². The second kappa shape index (κ2) is 9.56. The van der Waals surface area contributed by atoms with Gasteiger partial charge in [-0.3, -0.25) is 4.90 Å². The van der Waals surface area contributed by atoms with Crippen molar-refractivity contribution in [3.8, 4) is 5.75 Å². The number of carbonyl (C=O) groups excluding carboxylic acids is 1. The van der Waals surface area contributed by atoms with Gasteiger partial charge < -0.3 is 20.1 Å². The Bertz CT molecular complexity index is 687. The number of para-hydroxylation sites is 2. The molecule has 3 rings (SSSR count). The molecule has 0 spiro atoms. The second-order valence-corrected chi connectivity index (χ2v) is 6.77. The molecule has 1 atom stereocenters. The second-order valence-electron chi connectivity index (χ2n) is 5.99. The van der Waals surface area contributed by atoms with Crippen LogP contribution >= 0.6 is 11.3 Å². The molecule has 1 saturated heterocycles. The highest BCUT2D eigenvalue weighted by Gasteiger charge is 2.23. The Labute approximate surface area is 158 Å². The Morgan fingerprint density at radius 1 is 1.31 bits per heavy atom. The van der Waals surface area contributed by atoms with Crippen molar-refractivity contribution in [1.82, 2.24) is 10.2 Å². The van der Waals surface area contributed by atoms with Crippen molar-refractivity contribution in [3.63, 3.8) is 0 Å². The number of thiophene rings is 1. The predicted octanol–water partition coefficient (Wildman–Crippen LogP) is 3.34. The number of morpholine rings is 1. The van der Waals surface area contributed by atoms with Crippen LogP contribution in [0.2, 0.25) is 0 Å². The monoisotopic (exact) mass is 375 g/mol. The fraction of sp³-hybridized carbons (Fsp3) is 0.421. The third kappa shape index (κ3) is 4.97. The molecule has 6 nitrogen and oxygen atoms in total. The molecule has 1 aliphatic rings. The van der Waals surface area contributed by atoms with E-state index >= 15 is 0 Å². The summed E-state index contributed by atoms with van der Waals surface area (Å²) in [5.41, 5.74) is 1.90. The minimum Gasteiger partial charge on any atom is -0.492 e. The Hall–Kier alpha value is -2.09. The number of nitrogens with zero attached hydrogens (tertiary/aromatic N) is 1. The maximum Gasteiger partial charge on any atom is 0.319 e. The summed E-state index contributed by atoms with van der Waals surface area (Å²) in [5, 5.41) is 10.1. The Morgan fingerprint density at radius 3 is 2.85 bits per heavy atom. The van der Waals surface area contributed by atoms with E-state index in [4.69, 9.17) is 9.47 Å². The molecular weight excluding hydrogens is 350 g/mol. The highest BCUT2D eigenvalue weighted by molar-refractivity contribution is 7.07. The smallest absolute Gasteiger partial charge is 0.319 e. The van der Waals surface area contributed by atoms with Gasteiger partial charge in [-0.1, -0.05) is 12.1 Å². The lowest BCUT2D eigenvalue weighted by molar-refractivity contribution is 0.0168. The lowest BCUT2D eigenvalue weighted by atomic mass is 10.1. The number of rotatable bonds is 7. The van der Waals surface area contributed by atoms with E-state index < -0.39 is 0 Å². The molecule has 2 N–H and O–H groups in total. The lowest BCUT2D eigenvalue weighted by Gasteiger charge is -2.34. The van der Waals surface area contributed by atoms with Crippen molar-refractivity contribution in [3.05, 3.63) is 46.7 Å². The van der Waals surface area contributed by atoms with Crippen LogP contribution in [-0.4, -0.2) is 50.4 Å². The molecule has 2 amide bonds. The highest BCUT2D eigenvalue weighted by Crippen LogP contribution is 2.25. The number of anilines is 1. The Morgan fingerprint density at radius 2 is 2.12 bits per heavy atom. The fourth-order valence-corrected chi connectivity index (χ4v) is 3.73. The van der Waals surface area contributed by atoms with Gasteiger partial charge >= 0.3 is 6.03 Å². The fourth-order valence-electron chi connectivity index (χ4n) is 3.02. The SMILES string of the molecule is CCOc1ccccc1NC(=O)NC[C@H](c1ccsc1)N1CCOCC1. The average molecular weight is 375 g/mol. The summed E-state index contributed by atoms with van der Waals surface area (Å²) in [4.78, 5) is 14.8. The van der Waals surface area contributed by atoms with Crippen LogP contribution in [0.4, 0.5) is 10.5 Å². The first kappa shape index (κ1) is 18.7. The van der Waals surface area contributed by atoms with Crippen LogP contribution in [0, 0.1) is 0 Å². The molecule has 1 fully saturated rings. The van der Waals surface area contributed by atoms with Crippen LogP contribution in [0.1, 0.15) is 18.5 Å². The first-order valence-corrected chi connectivity index (χ1v) is 9.82. The molecule has 0 bridgehead atoms. The summed E-state index contributed by atoms with van der Waals surface area (Å²) in [6.45, 7) is 6.22. The molecule has 26 heavy (non-hydrogen) atoms. The summed E-state index contributed by atoms with van der Waals surface area (Å²) >= 11 is 1.67. The first-order valence-electron chi connectivity index (χ1n) is 8.88. The normalized spacial score (nSPS) is 16.0.